The third-order valence-corrected chi connectivity index (χ3v) is 4.53. The summed E-state index contributed by atoms with van der Waals surface area (Å²) in [7, 11) is 0. The third kappa shape index (κ3) is 3.02. The molecule has 3 rings (SSSR count). The quantitative estimate of drug-likeness (QED) is 0.844. The Morgan fingerprint density at radius 2 is 1.86 bits per heavy atom. The van der Waals surface area contributed by atoms with Gasteiger partial charge in [-0.25, -0.2) is 4.98 Å². The van der Waals surface area contributed by atoms with Gasteiger partial charge >= 0.3 is 0 Å². The van der Waals surface area contributed by atoms with Gasteiger partial charge in [-0.15, -0.1) is 0 Å². The Morgan fingerprint density at radius 3 is 2.52 bits per heavy atom. The van der Waals surface area contributed by atoms with Gasteiger partial charge in [0.25, 0.3) is 5.91 Å². The molecule has 3 heterocycles. The van der Waals surface area contributed by atoms with Gasteiger partial charge in [-0.2, -0.15) is 0 Å². The molecule has 1 aromatic rings. The number of hydrogen-bond donors (Lipinski definition) is 0. The number of pyridine rings is 1. The molecule has 2 aliphatic rings. The molecule has 0 unspecified atom stereocenters. The molecule has 1 amide bonds. The van der Waals surface area contributed by atoms with Crippen molar-refractivity contribution in [2.45, 2.75) is 19.8 Å². The molecule has 0 atom stereocenters. The van der Waals surface area contributed by atoms with Gasteiger partial charge < -0.3 is 14.7 Å². The maximum absolute atomic E-state index is 12.8. The number of anilines is 1. The SMILES string of the molecule is CCN1CCN(C(=O)c2cccnc2N2CCCC2)CC1. The molecular formula is C16H24N4O. The Morgan fingerprint density at radius 1 is 1.14 bits per heavy atom. The fourth-order valence-electron chi connectivity index (χ4n) is 3.18. The Balaban J connectivity index is 1.75. The lowest BCUT2D eigenvalue weighted by Crippen LogP contribution is -2.48. The summed E-state index contributed by atoms with van der Waals surface area (Å²) < 4.78 is 0. The first-order valence-electron chi connectivity index (χ1n) is 8.01. The molecule has 2 saturated heterocycles. The van der Waals surface area contributed by atoms with Crippen LogP contribution in [0.4, 0.5) is 5.82 Å². The molecule has 5 heteroatoms. The Kier molecular flexibility index (Phi) is 4.39. The van der Waals surface area contributed by atoms with E-state index in [-0.39, 0.29) is 5.91 Å². The zero-order chi connectivity index (χ0) is 14.7. The Bertz CT molecular complexity index is 491. The number of rotatable bonds is 3. The average Bonchev–Trinajstić information content (AvgIpc) is 3.08. The van der Waals surface area contributed by atoms with Crippen LogP contribution in [-0.4, -0.2) is 66.5 Å². The van der Waals surface area contributed by atoms with E-state index in [2.05, 4.69) is 21.7 Å². The number of carbonyl (C=O) groups is 1. The number of piperazine rings is 1. The lowest BCUT2D eigenvalue weighted by atomic mass is 10.2. The van der Waals surface area contributed by atoms with E-state index >= 15 is 0 Å². The lowest BCUT2D eigenvalue weighted by Gasteiger charge is -2.34. The van der Waals surface area contributed by atoms with E-state index in [9.17, 15) is 4.79 Å². The number of carbonyl (C=O) groups excluding carboxylic acids is 1. The maximum Gasteiger partial charge on any atom is 0.257 e. The highest BCUT2D eigenvalue weighted by atomic mass is 16.2. The summed E-state index contributed by atoms with van der Waals surface area (Å²) in [5.74, 6) is 1.01. The van der Waals surface area contributed by atoms with Crippen molar-refractivity contribution < 1.29 is 4.79 Å². The van der Waals surface area contributed by atoms with Gasteiger partial charge in [0.2, 0.25) is 0 Å². The number of aromatic nitrogens is 1. The zero-order valence-corrected chi connectivity index (χ0v) is 12.8. The molecule has 2 fully saturated rings. The van der Waals surface area contributed by atoms with Crippen LogP contribution >= 0.6 is 0 Å². The van der Waals surface area contributed by atoms with Gasteiger partial charge in [-0.1, -0.05) is 6.92 Å². The predicted molar refractivity (Wildman–Crippen MR) is 83.7 cm³/mol. The molecule has 114 valence electrons. The number of amides is 1. The summed E-state index contributed by atoms with van der Waals surface area (Å²) in [5, 5.41) is 0. The van der Waals surface area contributed by atoms with Crippen molar-refractivity contribution in [3.63, 3.8) is 0 Å². The third-order valence-electron chi connectivity index (χ3n) is 4.53. The van der Waals surface area contributed by atoms with E-state index in [1.165, 1.54) is 12.8 Å². The largest absolute Gasteiger partial charge is 0.356 e. The second kappa shape index (κ2) is 6.43. The molecule has 2 aliphatic heterocycles. The van der Waals surface area contributed by atoms with E-state index in [1.54, 1.807) is 6.20 Å². The van der Waals surface area contributed by atoms with Gasteiger partial charge in [0.05, 0.1) is 5.56 Å². The summed E-state index contributed by atoms with van der Waals surface area (Å²) in [5.41, 5.74) is 0.768. The minimum absolute atomic E-state index is 0.140. The van der Waals surface area contributed by atoms with E-state index in [0.29, 0.717) is 0 Å². The van der Waals surface area contributed by atoms with E-state index in [0.717, 1.165) is 57.2 Å². The van der Waals surface area contributed by atoms with E-state index in [1.807, 2.05) is 17.0 Å². The van der Waals surface area contributed by atoms with Crippen LogP contribution < -0.4 is 4.90 Å². The minimum Gasteiger partial charge on any atom is -0.356 e. The molecule has 0 bridgehead atoms. The topological polar surface area (TPSA) is 39.7 Å². The molecule has 1 aromatic heterocycles. The van der Waals surface area contributed by atoms with Crippen LogP contribution in [0.15, 0.2) is 18.3 Å². The first-order valence-corrected chi connectivity index (χ1v) is 8.01. The minimum atomic E-state index is 0.140. The Hall–Kier alpha value is -1.62. The van der Waals surface area contributed by atoms with Crippen LogP contribution in [-0.2, 0) is 0 Å². The van der Waals surface area contributed by atoms with Crippen LogP contribution in [0.25, 0.3) is 0 Å². The second-order valence-electron chi connectivity index (χ2n) is 5.80. The summed E-state index contributed by atoms with van der Waals surface area (Å²) in [6.45, 7) is 8.85. The highest BCUT2D eigenvalue weighted by Crippen LogP contribution is 2.23. The molecule has 5 nitrogen and oxygen atoms in total. The second-order valence-corrected chi connectivity index (χ2v) is 5.80. The zero-order valence-electron chi connectivity index (χ0n) is 12.8. The summed E-state index contributed by atoms with van der Waals surface area (Å²) in [4.78, 5) is 23.9. The summed E-state index contributed by atoms with van der Waals surface area (Å²) in [6, 6.07) is 3.80. The predicted octanol–water partition coefficient (Wildman–Crippen LogP) is 1.46. The fraction of sp³-hybridized carbons (Fsp3) is 0.625. The van der Waals surface area contributed by atoms with Crippen molar-refractivity contribution in [3.05, 3.63) is 23.9 Å². The summed E-state index contributed by atoms with van der Waals surface area (Å²) >= 11 is 0. The Labute approximate surface area is 126 Å². The first-order chi connectivity index (χ1) is 10.3. The van der Waals surface area contributed by atoms with Crippen molar-refractivity contribution in [2.75, 3.05) is 50.7 Å². The highest BCUT2D eigenvalue weighted by Gasteiger charge is 2.26. The highest BCUT2D eigenvalue weighted by molar-refractivity contribution is 5.99. The van der Waals surface area contributed by atoms with Crippen LogP contribution in [0.1, 0.15) is 30.1 Å². The normalized spacial score (nSPS) is 20.0. The monoisotopic (exact) mass is 288 g/mol. The van der Waals surface area contributed by atoms with Gasteiger partial charge in [0.1, 0.15) is 5.82 Å². The van der Waals surface area contributed by atoms with Crippen LogP contribution in [0.3, 0.4) is 0 Å². The van der Waals surface area contributed by atoms with Crippen LogP contribution in [0.2, 0.25) is 0 Å². The number of nitrogens with zero attached hydrogens (tertiary/aromatic N) is 4. The van der Waals surface area contributed by atoms with Crippen molar-refractivity contribution >= 4 is 11.7 Å². The molecular weight excluding hydrogens is 264 g/mol. The molecule has 0 spiro atoms. The standard InChI is InChI=1S/C16H24N4O/c1-2-18-10-12-20(13-11-18)16(21)14-6-5-7-17-15(14)19-8-3-4-9-19/h5-7H,2-4,8-13H2,1H3. The van der Waals surface area contributed by atoms with Gasteiger partial charge in [0.15, 0.2) is 0 Å². The maximum atomic E-state index is 12.8. The average molecular weight is 288 g/mol. The van der Waals surface area contributed by atoms with Crippen molar-refractivity contribution in [1.82, 2.24) is 14.8 Å². The first kappa shape index (κ1) is 14.3. The fourth-order valence-corrected chi connectivity index (χ4v) is 3.18. The molecule has 0 saturated carbocycles. The van der Waals surface area contributed by atoms with Gasteiger partial charge in [0, 0.05) is 45.5 Å². The van der Waals surface area contributed by atoms with E-state index < -0.39 is 0 Å². The van der Waals surface area contributed by atoms with Gasteiger partial charge in [-0.05, 0) is 31.5 Å². The lowest BCUT2D eigenvalue weighted by molar-refractivity contribution is 0.0643. The molecule has 0 N–H and O–H groups in total. The van der Waals surface area contributed by atoms with E-state index in [4.69, 9.17) is 0 Å². The smallest absolute Gasteiger partial charge is 0.257 e. The molecule has 21 heavy (non-hydrogen) atoms. The molecule has 0 radical (unpaired) electrons. The van der Waals surface area contributed by atoms with Crippen LogP contribution in [0, 0.1) is 0 Å². The number of hydrogen-bond acceptors (Lipinski definition) is 4. The number of likely N-dealkylation sites (N-methyl/N-ethyl adjacent to an activating group) is 1. The van der Waals surface area contributed by atoms with Crippen LogP contribution in [0.5, 0.6) is 0 Å². The molecule has 0 aliphatic carbocycles. The van der Waals surface area contributed by atoms with Gasteiger partial charge in [-0.3, -0.25) is 4.79 Å². The molecule has 0 aromatic carbocycles. The van der Waals surface area contributed by atoms with Crippen molar-refractivity contribution in [2.24, 2.45) is 0 Å². The van der Waals surface area contributed by atoms with Crippen molar-refractivity contribution in [3.8, 4) is 0 Å². The van der Waals surface area contributed by atoms with Crippen molar-refractivity contribution in [1.29, 1.82) is 0 Å². The summed E-state index contributed by atoms with van der Waals surface area (Å²) in [6.07, 6.45) is 4.18.